The molecule has 2 N–H and O–H groups in total. The van der Waals surface area contributed by atoms with E-state index in [1.165, 1.54) is 0 Å². The monoisotopic (exact) mass is 287 g/mol. The third-order valence-electron chi connectivity index (χ3n) is 3.21. The summed E-state index contributed by atoms with van der Waals surface area (Å²) in [4.78, 5) is 23.7. The van der Waals surface area contributed by atoms with E-state index in [2.05, 4.69) is 5.32 Å². The maximum Gasteiger partial charge on any atom is 0.408 e. The van der Waals surface area contributed by atoms with Crippen LogP contribution in [-0.2, 0) is 14.3 Å². The number of hydrogen-bond acceptors (Lipinski definition) is 5. The van der Waals surface area contributed by atoms with Crippen LogP contribution in [-0.4, -0.2) is 42.0 Å². The molecular formula is C14H25NO5. The molecule has 0 heterocycles. The van der Waals surface area contributed by atoms with Gasteiger partial charge < -0.3 is 19.9 Å². The SMILES string of the molecule is CCOC(=O)[C@H](NC(=O)OC(C)(C)C)[C@H]1C[C@@H](CO)C1. The standard InChI is InChI=1S/C14H25NO5/c1-5-19-12(17)11(10-6-9(7-10)8-16)15-13(18)20-14(2,3)4/h9-11,16H,5-8H2,1-4H3,(H,15,18)/t9-,10+,11-/m1/s1. The Morgan fingerprint density at radius 1 is 1.35 bits per heavy atom. The highest BCUT2D eigenvalue weighted by molar-refractivity contribution is 5.81. The molecule has 0 bridgehead atoms. The highest BCUT2D eigenvalue weighted by Crippen LogP contribution is 2.36. The molecule has 0 aromatic carbocycles. The van der Waals surface area contributed by atoms with E-state index >= 15 is 0 Å². The highest BCUT2D eigenvalue weighted by atomic mass is 16.6. The summed E-state index contributed by atoms with van der Waals surface area (Å²) in [5, 5.41) is 11.6. The smallest absolute Gasteiger partial charge is 0.408 e. The summed E-state index contributed by atoms with van der Waals surface area (Å²) in [5.41, 5.74) is -0.615. The van der Waals surface area contributed by atoms with Gasteiger partial charge in [-0.25, -0.2) is 9.59 Å². The van der Waals surface area contributed by atoms with Gasteiger partial charge >= 0.3 is 12.1 Å². The predicted octanol–water partition coefficient (Wildman–Crippen LogP) is 1.46. The molecule has 1 rings (SSSR count). The molecule has 0 spiro atoms. The second-order valence-electron chi connectivity index (χ2n) is 6.16. The molecule has 0 saturated heterocycles. The van der Waals surface area contributed by atoms with Gasteiger partial charge in [0.05, 0.1) is 6.61 Å². The van der Waals surface area contributed by atoms with Crippen LogP contribution in [0.3, 0.4) is 0 Å². The number of esters is 1. The Morgan fingerprint density at radius 2 is 1.95 bits per heavy atom. The molecule has 116 valence electrons. The van der Waals surface area contributed by atoms with Crippen molar-refractivity contribution in [2.75, 3.05) is 13.2 Å². The molecule has 1 aliphatic rings. The summed E-state index contributed by atoms with van der Waals surface area (Å²) in [6.45, 7) is 7.38. The lowest BCUT2D eigenvalue weighted by Gasteiger charge is -2.38. The lowest BCUT2D eigenvalue weighted by Crippen LogP contribution is -2.52. The van der Waals surface area contributed by atoms with Crippen LogP contribution in [0.4, 0.5) is 4.79 Å². The summed E-state index contributed by atoms with van der Waals surface area (Å²) >= 11 is 0. The van der Waals surface area contributed by atoms with Crippen molar-refractivity contribution in [3.8, 4) is 0 Å². The van der Waals surface area contributed by atoms with Gasteiger partial charge in [-0.2, -0.15) is 0 Å². The third kappa shape index (κ3) is 5.00. The molecular weight excluding hydrogens is 262 g/mol. The molecule has 1 saturated carbocycles. The van der Waals surface area contributed by atoms with Gasteiger partial charge in [0, 0.05) is 6.61 Å². The van der Waals surface area contributed by atoms with Crippen LogP contribution in [0.25, 0.3) is 0 Å². The van der Waals surface area contributed by atoms with Crippen LogP contribution in [0.1, 0.15) is 40.5 Å². The first-order valence-electron chi connectivity index (χ1n) is 7.03. The second-order valence-corrected chi connectivity index (χ2v) is 6.16. The normalized spacial score (nSPS) is 23.4. The number of carbonyl (C=O) groups excluding carboxylic acids is 2. The molecule has 0 aliphatic heterocycles. The van der Waals surface area contributed by atoms with Crippen molar-refractivity contribution < 1.29 is 24.2 Å². The first kappa shape index (κ1) is 16.8. The van der Waals surface area contributed by atoms with E-state index in [1.807, 2.05) is 0 Å². The number of aliphatic hydroxyl groups is 1. The van der Waals surface area contributed by atoms with Crippen LogP contribution in [0, 0.1) is 11.8 Å². The van der Waals surface area contributed by atoms with Crippen molar-refractivity contribution in [2.24, 2.45) is 11.8 Å². The van der Waals surface area contributed by atoms with E-state index < -0.39 is 23.7 Å². The maximum atomic E-state index is 11.9. The van der Waals surface area contributed by atoms with Crippen molar-refractivity contribution in [3.63, 3.8) is 0 Å². The highest BCUT2D eigenvalue weighted by Gasteiger charge is 2.40. The number of hydrogen-bond donors (Lipinski definition) is 2. The van der Waals surface area contributed by atoms with Gasteiger partial charge in [0.15, 0.2) is 0 Å². The van der Waals surface area contributed by atoms with Gasteiger partial charge in [0.2, 0.25) is 0 Å². The van der Waals surface area contributed by atoms with Crippen LogP contribution in [0.2, 0.25) is 0 Å². The molecule has 0 radical (unpaired) electrons. The molecule has 6 nitrogen and oxygen atoms in total. The quantitative estimate of drug-likeness (QED) is 0.748. The van der Waals surface area contributed by atoms with E-state index in [1.54, 1.807) is 27.7 Å². The van der Waals surface area contributed by atoms with Crippen molar-refractivity contribution in [2.45, 2.75) is 52.2 Å². The minimum atomic E-state index is -0.701. The minimum absolute atomic E-state index is 0.00119. The van der Waals surface area contributed by atoms with Gasteiger partial charge in [-0.1, -0.05) is 0 Å². The number of nitrogens with one attached hydrogen (secondary N) is 1. The molecule has 1 atom stereocenters. The Labute approximate surface area is 119 Å². The molecule has 1 aliphatic carbocycles. The van der Waals surface area contributed by atoms with Crippen molar-refractivity contribution in [1.82, 2.24) is 5.32 Å². The number of rotatable bonds is 5. The van der Waals surface area contributed by atoms with Crippen LogP contribution in [0.5, 0.6) is 0 Å². The fourth-order valence-electron chi connectivity index (χ4n) is 2.24. The molecule has 0 unspecified atom stereocenters. The second kappa shape index (κ2) is 6.92. The third-order valence-corrected chi connectivity index (χ3v) is 3.21. The average molecular weight is 287 g/mol. The van der Waals surface area contributed by atoms with Crippen molar-refractivity contribution in [3.05, 3.63) is 0 Å². The summed E-state index contributed by atoms with van der Waals surface area (Å²) in [6.07, 6.45) is 0.786. The van der Waals surface area contributed by atoms with Gasteiger partial charge in [-0.05, 0) is 52.4 Å². The van der Waals surface area contributed by atoms with Crippen LogP contribution in [0.15, 0.2) is 0 Å². The number of ether oxygens (including phenoxy) is 2. The van der Waals surface area contributed by atoms with Gasteiger partial charge in [-0.15, -0.1) is 0 Å². The summed E-state index contributed by atoms with van der Waals surface area (Å²) < 4.78 is 10.2. The lowest BCUT2D eigenvalue weighted by molar-refractivity contribution is -0.149. The first-order valence-corrected chi connectivity index (χ1v) is 7.03. The molecule has 1 amide bonds. The van der Waals surface area contributed by atoms with Gasteiger partial charge in [0.1, 0.15) is 11.6 Å². The summed E-state index contributed by atoms with van der Waals surface area (Å²) in [7, 11) is 0. The molecule has 1 fully saturated rings. The Hall–Kier alpha value is -1.30. The van der Waals surface area contributed by atoms with E-state index in [4.69, 9.17) is 14.6 Å². The van der Waals surface area contributed by atoms with Gasteiger partial charge in [-0.3, -0.25) is 0 Å². The average Bonchev–Trinajstić information content (AvgIpc) is 2.23. The Morgan fingerprint density at radius 3 is 2.40 bits per heavy atom. The summed E-state index contributed by atoms with van der Waals surface area (Å²) in [6, 6.07) is -0.701. The Bertz CT molecular complexity index is 344. The largest absolute Gasteiger partial charge is 0.464 e. The van der Waals surface area contributed by atoms with Crippen molar-refractivity contribution in [1.29, 1.82) is 0 Å². The lowest BCUT2D eigenvalue weighted by atomic mass is 9.71. The molecule has 0 aromatic rings. The number of aliphatic hydroxyl groups excluding tert-OH is 1. The fourth-order valence-corrected chi connectivity index (χ4v) is 2.24. The van der Waals surface area contributed by atoms with E-state index in [9.17, 15) is 9.59 Å². The van der Waals surface area contributed by atoms with E-state index in [0.29, 0.717) is 12.8 Å². The Balaban J connectivity index is 2.59. The van der Waals surface area contributed by atoms with E-state index in [-0.39, 0.29) is 25.0 Å². The summed E-state index contributed by atoms with van der Waals surface area (Å²) in [5.74, 6) is -0.240. The number of carbonyl (C=O) groups is 2. The number of amides is 1. The zero-order chi connectivity index (χ0) is 15.3. The topological polar surface area (TPSA) is 84.9 Å². The fraction of sp³-hybridized carbons (Fsp3) is 0.857. The zero-order valence-corrected chi connectivity index (χ0v) is 12.6. The number of alkyl carbamates (subject to hydrolysis) is 1. The van der Waals surface area contributed by atoms with Crippen LogP contribution >= 0.6 is 0 Å². The minimum Gasteiger partial charge on any atom is -0.464 e. The first-order chi connectivity index (χ1) is 9.26. The zero-order valence-electron chi connectivity index (χ0n) is 12.6. The maximum absolute atomic E-state index is 11.9. The van der Waals surface area contributed by atoms with Crippen LogP contribution < -0.4 is 5.32 Å². The molecule has 6 heteroatoms. The van der Waals surface area contributed by atoms with Gasteiger partial charge in [0.25, 0.3) is 0 Å². The molecule has 20 heavy (non-hydrogen) atoms. The van der Waals surface area contributed by atoms with E-state index in [0.717, 1.165) is 0 Å². The Kier molecular flexibility index (Phi) is 5.80. The predicted molar refractivity (Wildman–Crippen MR) is 73.1 cm³/mol. The molecule has 0 aromatic heterocycles. The van der Waals surface area contributed by atoms with Crippen molar-refractivity contribution >= 4 is 12.1 Å².